The van der Waals surface area contributed by atoms with Crippen LogP contribution in [0.1, 0.15) is 27.2 Å². The van der Waals surface area contributed by atoms with Crippen LogP contribution in [0.15, 0.2) is 36.2 Å². The molecule has 0 aliphatic carbocycles. The van der Waals surface area contributed by atoms with Crippen molar-refractivity contribution in [2.24, 2.45) is 0 Å². The van der Waals surface area contributed by atoms with Crippen molar-refractivity contribution in [2.45, 2.75) is 38.5 Å². The van der Waals surface area contributed by atoms with E-state index in [-0.39, 0.29) is 0 Å². The fourth-order valence-corrected chi connectivity index (χ4v) is 2.03. The van der Waals surface area contributed by atoms with E-state index >= 15 is 0 Å². The van der Waals surface area contributed by atoms with Gasteiger partial charge in [0.1, 0.15) is 0 Å². The van der Waals surface area contributed by atoms with E-state index < -0.39 is 0 Å². The van der Waals surface area contributed by atoms with Crippen LogP contribution in [0.25, 0.3) is 0 Å². The number of allylic oxidation sites excluding steroid dienone is 2. The van der Waals surface area contributed by atoms with Gasteiger partial charge in [-0.15, -0.1) is 0 Å². The Bertz CT molecular complexity index is 291. The molecule has 78 valence electrons. The number of thiol groups is 1. The molecule has 2 unspecified atom stereocenters. The molecule has 0 aromatic carbocycles. The van der Waals surface area contributed by atoms with Crippen molar-refractivity contribution in [1.29, 1.82) is 0 Å². The van der Waals surface area contributed by atoms with Gasteiger partial charge in [0.2, 0.25) is 0 Å². The van der Waals surface area contributed by atoms with Crippen molar-refractivity contribution in [3.63, 3.8) is 0 Å². The molecule has 0 N–H and O–H groups in total. The topological polar surface area (TPSA) is 3.24 Å². The fourth-order valence-electron chi connectivity index (χ4n) is 1.77. The van der Waals surface area contributed by atoms with Gasteiger partial charge in [-0.05, 0) is 31.9 Å². The first-order valence-corrected chi connectivity index (χ1v) is 5.54. The van der Waals surface area contributed by atoms with Gasteiger partial charge >= 0.3 is 0 Å². The highest BCUT2D eigenvalue weighted by Crippen LogP contribution is 2.37. The van der Waals surface area contributed by atoms with Crippen LogP contribution in [0, 0.1) is 0 Å². The summed E-state index contributed by atoms with van der Waals surface area (Å²) >= 11 is 4.47. The lowest BCUT2D eigenvalue weighted by molar-refractivity contribution is 0.242. The molecular formula is C12H19NS. The van der Waals surface area contributed by atoms with E-state index in [4.69, 9.17) is 0 Å². The number of rotatable bonds is 3. The van der Waals surface area contributed by atoms with Gasteiger partial charge in [-0.1, -0.05) is 20.1 Å². The largest absolute Gasteiger partial charge is 0.340 e. The van der Waals surface area contributed by atoms with Crippen molar-refractivity contribution >= 4 is 12.6 Å². The van der Waals surface area contributed by atoms with Crippen LogP contribution in [-0.2, 0) is 0 Å². The maximum Gasteiger partial charge on any atom is 0.0618 e. The average molecular weight is 209 g/mol. The summed E-state index contributed by atoms with van der Waals surface area (Å²) in [6.07, 6.45) is 2.97. The smallest absolute Gasteiger partial charge is 0.0618 e. The van der Waals surface area contributed by atoms with Crippen molar-refractivity contribution in [1.82, 2.24) is 4.90 Å². The predicted molar refractivity (Wildman–Crippen MR) is 66.4 cm³/mol. The molecule has 0 saturated carbocycles. The lowest BCUT2D eigenvalue weighted by atomic mass is 9.97. The number of likely N-dealkylation sites (tertiary alicyclic amines) is 1. The third kappa shape index (κ3) is 1.63. The minimum Gasteiger partial charge on any atom is -0.340 e. The summed E-state index contributed by atoms with van der Waals surface area (Å²) in [5.74, 6) is 0. The lowest BCUT2D eigenvalue weighted by Crippen LogP contribution is -2.52. The standard InChI is InChI=1S/C12H19NS/c1-6-8(3)11(7-2)13-9(4)12(14)10(13)5/h7,10,12,14H,2,4,6H2,1,3,5H3/b11-8+. The summed E-state index contributed by atoms with van der Waals surface area (Å²) in [6.45, 7) is 14.4. The second-order valence-corrected chi connectivity index (χ2v) is 4.33. The summed E-state index contributed by atoms with van der Waals surface area (Å²) in [7, 11) is 0. The number of hydrogen-bond donors (Lipinski definition) is 1. The van der Waals surface area contributed by atoms with E-state index in [1.165, 1.54) is 11.3 Å². The molecule has 0 spiro atoms. The van der Waals surface area contributed by atoms with Gasteiger partial charge in [-0.25, -0.2) is 0 Å². The Kier molecular flexibility index (Phi) is 3.48. The highest BCUT2D eigenvalue weighted by Gasteiger charge is 2.37. The molecule has 1 saturated heterocycles. The van der Waals surface area contributed by atoms with Crippen LogP contribution in [0.4, 0.5) is 0 Å². The van der Waals surface area contributed by atoms with Gasteiger partial charge in [0, 0.05) is 17.4 Å². The summed E-state index contributed by atoms with van der Waals surface area (Å²) in [5, 5.41) is 0.301. The van der Waals surface area contributed by atoms with E-state index in [1.807, 2.05) is 6.08 Å². The molecule has 2 heteroatoms. The van der Waals surface area contributed by atoms with Crippen molar-refractivity contribution in [3.05, 3.63) is 36.2 Å². The summed E-state index contributed by atoms with van der Waals surface area (Å²) in [4.78, 5) is 2.23. The molecular weight excluding hydrogens is 190 g/mol. The van der Waals surface area contributed by atoms with Gasteiger partial charge in [0.25, 0.3) is 0 Å². The Morgan fingerprint density at radius 2 is 2.21 bits per heavy atom. The Hall–Kier alpha value is -0.630. The molecule has 0 amide bonds. The van der Waals surface area contributed by atoms with Crippen molar-refractivity contribution < 1.29 is 0 Å². The minimum absolute atomic E-state index is 0.301. The molecule has 0 aromatic rings. The first-order chi connectivity index (χ1) is 6.54. The van der Waals surface area contributed by atoms with Crippen LogP contribution in [-0.4, -0.2) is 16.2 Å². The van der Waals surface area contributed by atoms with E-state index in [1.54, 1.807) is 0 Å². The van der Waals surface area contributed by atoms with E-state index in [9.17, 15) is 0 Å². The second-order valence-electron chi connectivity index (χ2n) is 3.77. The molecule has 14 heavy (non-hydrogen) atoms. The molecule has 0 bridgehead atoms. The van der Waals surface area contributed by atoms with Crippen LogP contribution < -0.4 is 0 Å². The number of nitrogens with zero attached hydrogens (tertiary/aromatic N) is 1. The zero-order chi connectivity index (χ0) is 10.9. The van der Waals surface area contributed by atoms with Gasteiger partial charge in [-0.3, -0.25) is 0 Å². The van der Waals surface area contributed by atoms with Crippen molar-refractivity contribution in [2.75, 3.05) is 0 Å². The molecule has 1 heterocycles. The maximum atomic E-state index is 4.47. The van der Waals surface area contributed by atoms with Gasteiger partial charge in [-0.2, -0.15) is 12.6 Å². The third-order valence-corrected chi connectivity index (χ3v) is 3.67. The lowest BCUT2D eigenvalue weighted by Gasteiger charge is -2.49. The highest BCUT2D eigenvalue weighted by atomic mass is 32.1. The van der Waals surface area contributed by atoms with Crippen LogP contribution >= 0.6 is 12.6 Å². The van der Waals surface area contributed by atoms with E-state index in [0.29, 0.717) is 11.3 Å². The molecule has 0 aromatic heterocycles. The number of hydrogen-bond acceptors (Lipinski definition) is 2. The zero-order valence-corrected chi connectivity index (χ0v) is 10.1. The second kappa shape index (κ2) is 4.26. The van der Waals surface area contributed by atoms with E-state index in [0.717, 1.165) is 12.1 Å². The Labute approximate surface area is 92.6 Å². The first-order valence-electron chi connectivity index (χ1n) is 5.02. The first kappa shape index (κ1) is 11.4. The highest BCUT2D eigenvalue weighted by molar-refractivity contribution is 7.81. The molecule has 1 nitrogen and oxygen atoms in total. The van der Waals surface area contributed by atoms with E-state index in [2.05, 4.69) is 51.5 Å². The monoisotopic (exact) mass is 209 g/mol. The molecule has 1 aliphatic heterocycles. The summed E-state index contributed by atoms with van der Waals surface area (Å²) in [5.41, 5.74) is 3.65. The molecule has 2 atom stereocenters. The zero-order valence-electron chi connectivity index (χ0n) is 9.25. The van der Waals surface area contributed by atoms with Gasteiger partial charge in [0.05, 0.1) is 5.25 Å². The third-order valence-electron chi connectivity index (χ3n) is 2.94. The Balaban J connectivity index is 2.94. The summed E-state index contributed by atoms with van der Waals surface area (Å²) < 4.78 is 0. The fraction of sp³-hybridized carbons (Fsp3) is 0.500. The average Bonchev–Trinajstić information content (AvgIpc) is 2.23. The molecule has 0 radical (unpaired) electrons. The predicted octanol–water partition coefficient (Wildman–Crippen LogP) is 3.37. The molecule has 1 rings (SSSR count). The molecule has 1 fully saturated rings. The van der Waals surface area contributed by atoms with Crippen LogP contribution in [0.2, 0.25) is 0 Å². The van der Waals surface area contributed by atoms with Crippen LogP contribution in [0.3, 0.4) is 0 Å². The van der Waals surface area contributed by atoms with Crippen LogP contribution in [0.5, 0.6) is 0 Å². The Morgan fingerprint density at radius 3 is 2.57 bits per heavy atom. The van der Waals surface area contributed by atoms with Gasteiger partial charge < -0.3 is 4.90 Å². The normalized spacial score (nSPS) is 28.3. The minimum atomic E-state index is 0.301. The summed E-state index contributed by atoms with van der Waals surface area (Å²) in [6, 6.07) is 0.431. The van der Waals surface area contributed by atoms with Crippen molar-refractivity contribution in [3.8, 4) is 0 Å². The quantitative estimate of drug-likeness (QED) is 0.551. The van der Waals surface area contributed by atoms with Gasteiger partial charge in [0.15, 0.2) is 0 Å². The Morgan fingerprint density at radius 1 is 1.64 bits per heavy atom. The maximum absolute atomic E-state index is 4.47. The molecule has 1 aliphatic rings. The SMILES string of the molecule is C=C/C(=C(/C)CC)N1C(=C)C(S)C1C.